The number of nitrogens with zero attached hydrogens (tertiary/aromatic N) is 2. The van der Waals surface area contributed by atoms with Crippen LogP contribution in [0.3, 0.4) is 0 Å². The molecular weight excluding hydrogens is 795 g/mol. The van der Waals surface area contributed by atoms with Gasteiger partial charge in [0, 0.05) is 28.0 Å². The predicted molar refractivity (Wildman–Crippen MR) is 237 cm³/mol. The molecule has 0 aliphatic rings. The molecule has 1 N–H and O–H groups in total. The second kappa shape index (κ2) is 21.2. The van der Waals surface area contributed by atoms with Gasteiger partial charge in [0.25, 0.3) is 0 Å². The summed E-state index contributed by atoms with van der Waals surface area (Å²) in [5.74, 6) is -1.42. The SMILES string of the molecule is C=CC(=O)OCCCCCCOc1ccc(C(=O)Oc2c(/C=N/Nc3nc4ccccc4s3)cc(OC(=O)c3ccc(CCC)cc3)c3cc(OC(=O)C(=C)C)ccc23)cc1. The molecule has 1 heterocycles. The molecule has 0 saturated carbocycles. The fraction of sp³-hybridized carbons (Fsp3) is 0.208. The lowest BCUT2D eigenvalue weighted by Crippen LogP contribution is -2.13. The lowest BCUT2D eigenvalue weighted by molar-refractivity contribution is -0.137. The Morgan fingerprint density at radius 3 is 2.18 bits per heavy atom. The number of thiazole rings is 1. The van der Waals surface area contributed by atoms with E-state index in [9.17, 15) is 19.2 Å². The van der Waals surface area contributed by atoms with Crippen molar-refractivity contribution >= 4 is 67.5 Å². The molecule has 0 fully saturated rings. The Kier molecular flexibility index (Phi) is 15.1. The molecule has 0 radical (unpaired) electrons. The number of carbonyl (C=O) groups excluding carboxylic acids is 4. The third-order valence-corrected chi connectivity index (χ3v) is 10.1. The van der Waals surface area contributed by atoms with Gasteiger partial charge in [-0.3, -0.25) is 5.43 Å². The zero-order valence-electron chi connectivity index (χ0n) is 33.9. The van der Waals surface area contributed by atoms with Crippen LogP contribution >= 0.6 is 11.3 Å². The molecule has 0 unspecified atom stereocenters. The van der Waals surface area contributed by atoms with Gasteiger partial charge in [0.1, 0.15) is 23.0 Å². The first kappa shape index (κ1) is 43.5. The Morgan fingerprint density at radius 1 is 0.787 bits per heavy atom. The number of fused-ring (bicyclic) bond motifs is 2. The van der Waals surface area contributed by atoms with Gasteiger partial charge >= 0.3 is 23.9 Å². The first-order chi connectivity index (χ1) is 29.6. The van der Waals surface area contributed by atoms with Gasteiger partial charge in [0.2, 0.25) is 5.13 Å². The maximum Gasteiger partial charge on any atom is 0.343 e. The number of hydrogen-bond acceptors (Lipinski definition) is 13. The molecule has 0 spiro atoms. The maximum absolute atomic E-state index is 13.8. The van der Waals surface area contributed by atoms with E-state index in [-0.39, 0.29) is 28.4 Å². The Balaban J connectivity index is 1.28. The summed E-state index contributed by atoms with van der Waals surface area (Å²) in [6.45, 7) is 11.5. The van der Waals surface area contributed by atoms with E-state index in [1.54, 1.807) is 48.5 Å². The summed E-state index contributed by atoms with van der Waals surface area (Å²) in [6.07, 6.45) is 7.77. The summed E-state index contributed by atoms with van der Waals surface area (Å²) in [7, 11) is 0. The maximum atomic E-state index is 13.8. The molecule has 0 aliphatic carbocycles. The predicted octanol–water partition coefficient (Wildman–Crippen LogP) is 10.4. The molecule has 0 atom stereocenters. The van der Waals surface area contributed by atoms with Crippen molar-refractivity contribution in [1.82, 2.24) is 4.98 Å². The van der Waals surface area contributed by atoms with Gasteiger partial charge in [-0.2, -0.15) is 5.10 Å². The number of hydrogen-bond donors (Lipinski definition) is 1. The van der Waals surface area contributed by atoms with Crippen LogP contribution < -0.4 is 24.4 Å². The van der Waals surface area contributed by atoms with Crippen molar-refractivity contribution < 1.29 is 42.9 Å². The first-order valence-corrected chi connectivity index (χ1v) is 20.6. The molecule has 13 heteroatoms. The number of esters is 4. The van der Waals surface area contributed by atoms with Crippen LogP contribution in [0.1, 0.15) is 77.8 Å². The van der Waals surface area contributed by atoms with Crippen LogP contribution in [-0.4, -0.2) is 48.3 Å². The zero-order valence-corrected chi connectivity index (χ0v) is 34.8. The van der Waals surface area contributed by atoms with Crippen molar-refractivity contribution in [2.24, 2.45) is 5.10 Å². The topological polar surface area (TPSA) is 152 Å². The highest BCUT2D eigenvalue weighted by Gasteiger charge is 2.22. The molecule has 6 aromatic rings. The Morgan fingerprint density at radius 2 is 1.48 bits per heavy atom. The van der Waals surface area contributed by atoms with Crippen LogP contribution in [0, 0.1) is 0 Å². The van der Waals surface area contributed by atoms with E-state index < -0.39 is 23.9 Å². The largest absolute Gasteiger partial charge is 0.494 e. The van der Waals surface area contributed by atoms with Gasteiger partial charge in [0.15, 0.2) is 0 Å². The van der Waals surface area contributed by atoms with Gasteiger partial charge in [-0.1, -0.05) is 62.1 Å². The normalized spacial score (nSPS) is 11.0. The molecule has 0 aliphatic heterocycles. The molecule has 0 saturated heterocycles. The average Bonchev–Trinajstić information content (AvgIpc) is 3.69. The quantitative estimate of drug-likeness (QED) is 0.0195. The van der Waals surface area contributed by atoms with E-state index in [1.165, 1.54) is 36.6 Å². The second-order valence-electron chi connectivity index (χ2n) is 13.9. The number of anilines is 1. The van der Waals surface area contributed by atoms with Gasteiger partial charge < -0.3 is 23.7 Å². The highest BCUT2D eigenvalue weighted by atomic mass is 32.1. The Bertz CT molecular complexity index is 2550. The average molecular weight is 840 g/mol. The zero-order chi connectivity index (χ0) is 43.1. The first-order valence-electron chi connectivity index (χ1n) is 19.8. The van der Waals surface area contributed by atoms with Crippen LogP contribution in [0.25, 0.3) is 21.0 Å². The third-order valence-electron chi connectivity index (χ3n) is 9.20. The lowest BCUT2D eigenvalue weighted by Gasteiger charge is -2.16. The molecule has 5 aromatic carbocycles. The van der Waals surface area contributed by atoms with E-state index in [0.29, 0.717) is 46.0 Å². The standard InChI is InChI=1S/C48H45N3O9S/c1-5-13-32-16-18-33(19-17-32)46(54)59-41-28-35(30-49-51-48-50-40-14-9-10-15-42(40)61-48)44(38-25-24-37(29-39(38)41)58-45(53)31(3)4)60-47(55)34-20-22-36(23-21-34)56-26-11-7-8-12-27-57-43(52)6-2/h6,9-10,14-25,28-30H,2-3,5,7-8,11-13,26-27H2,1,4H3,(H,50,51)/b49-30+. The van der Waals surface area contributed by atoms with Gasteiger partial charge in [-0.25, -0.2) is 24.2 Å². The van der Waals surface area contributed by atoms with Gasteiger partial charge in [-0.05, 0) is 117 Å². The van der Waals surface area contributed by atoms with Crippen molar-refractivity contribution in [1.29, 1.82) is 0 Å². The number of ether oxygens (including phenoxy) is 5. The number of hydrazone groups is 1. The number of aromatic nitrogens is 1. The van der Waals surface area contributed by atoms with Crippen LogP contribution in [-0.2, 0) is 20.7 Å². The number of unbranched alkanes of at least 4 members (excludes halogenated alkanes) is 3. The summed E-state index contributed by atoms with van der Waals surface area (Å²) in [4.78, 5) is 55.7. The summed E-state index contributed by atoms with van der Waals surface area (Å²) >= 11 is 1.41. The fourth-order valence-electron chi connectivity index (χ4n) is 6.07. The van der Waals surface area contributed by atoms with Crippen LogP contribution in [0.4, 0.5) is 5.13 Å². The van der Waals surface area contributed by atoms with Gasteiger partial charge in [-0.15, -0.1) is 0 Å². The van der Waals surface area contributed by atoms with Crippen molar-refractivity contribution in [3.63, 3.8) is 0 Å². The minimum absolute atomic E-state index is 0.102. The molecule has 0 amide bonds. The fourth-order valence-corrected chi connectivity index (χ4v) is 6.88. The highest BCUT2D eigenvalue weighted by Crippen LogP contribution is 2.39. The minimum Gasteiger partial charge on any atom is -0.494 e. The molecule has 0 bridgehead atoms. The number of para-hydroxylation sites is 1. The summed E-state index contributed by atoms with van der Waals surface area (Å²) in [5, 5.41) is 5.66. The monoisotopic (exact) mass is 839 g/mol. The van der Waals surface area contributed by atoms with Crippen LogP contribution in [0.5, 0.6) is 23.0 Å². The van der Waals surface area contributed by atoms with Crippen LogP contribution in [0.15, 0.2) is 127 Å². The molecule has 12 nitrogen and oxygen atoms in total. The molecular formula is C48H45N3O9S. The van der Waals surface area contributed by atoms with E-state index in [4.69, 9.17) is 23.7 Å². The summed E-state index contributed by atoms with van der Waals surface area (Å²) < 4.78 is 29.6. The number of benzene rings is 5. The van der Waals surface area contributed by atoms with Crippen molar-refractivity contribution in [2.75, 3.05) is 18.6 Å². The Hall–Kier alpha value is -7.12. The smallest absolute Gasteiger partial charge is 0.343 e. The second-order valence-corrected chi connectivity index (χ2v) is 14.9. The van der Waals surface area contributed by atoms with Crippen LogP contribution in [0.2, 0.25) is 0 Å². The van der Waals surface area contributed by atoms with Gasteiger partial charge in [0.05, 0.1) is 40.8 Å². The molecule has 61 heavy (non-hydrogen) atoms. The number of nitrogens with one attached hydrogen (secondary N) is 1. The number of rotatable bonds is 20. The number of carbonyl (C=O) groups is 4. The molecule has 312 valence electrons. The summed E-state index contributed by atoms with van der Waals surface area (Å²) in [5.41, 5.74) is 5.92. The Labute approximate surface area is 357 Å². The minimum atomic E-state index is -0.673. The van der Waals surface area contributed by atoms with E-state index >= 15 is 0 Å². The van der Waals surface area contributed by atoms with Crippen molar-refractivity contribution in [2.45, 2.75) is 52.4 Å². The molecule has 1 aromatic heterocycles. The highest BCUT2D eigenvalue weighted by molar-refractivity contribution is 7.22. The summed E-state index contributed by atoms with van der Waals surface area (Å²) in [6, 6.07) is 27.7. The van der Waals surface area contributed by atoms with E-state index in [0.717, 1.165) is 60.4 Å². The van der Waals surface area contributed by atoms with E-state index in [2.05, 4.69) is 35.6 Å². The molecule has 6 rings (SSSR count). The van der Waals surface area contributed by atoms with Crippen molar-refractivity contribution in [3.05, 3.63) is 144 Å². The van der Waals surface area contributed by atoms with Crippen molar-refractivity contribution in [3.8, 4) is 23.0 Å². The van der Waals surface area contributed by atoms with E-state index in [1.807, 2.05) is 36.4 Å². The lowest BCUT2D eigenvalue weighted by atomic mass is 10.0. The number of aryl methyl sites for hydroxylation is 1. The third kappa shape index (κ3) is 12.0.